The maximum atomic E-state index is 12.3. The summed E-state index contributed by atoms with van der Waals surface area (Å²) in [5.41, 5.74) is 3.08. The van der Waals surface area contributed by atoms with Crippen LogP contribution in [0.3, 0.4) is 0 Å². The Morgan fingerprint density at radius 1 is 1.32 bits per heavy atom. The van der Waals surface area contributed by atoms with Crippen molar-refractivity contribution in [2.45, 2.75) is 6.54 Å². The van der Waals surface area contributed by atoms with Gasteiger partial charge in [-0.15, -0.1) is 0 Å². The Morgan fingerprint density at radius 2 is 2.11 bits per heavy atom. The van der Waals surface area contributed by atoms with Gasteiger partial charge in [-0.3, -0.25) is 19.6 Å². The highest BCUT2D eigenvalue weighted by Crippen LogP contribution is 2.19. The summed E-state index contributed by atoms with van der Waals surface area (Å²) in [6.07, 6.45) is 2.60. The smallest absolute Gasteiger partial charge is 0.265 e. The van der Waals surface area contributed by atoms with Gasteiger partial charge in [0.1, 0.15) is 6.20 Å². The minimum absolute atomic E-state index is 0.277. The van der Waals surface area contributed by atoms with Crippen LogP contribution in [0.2, 0.25) is 5.02 Å². The van der Waals surface area contributed by atoms with Crippen LogP contribution in [0, 0.1) is 10.1 Å². The van der Waals surface area contributed by atoms with Gasteiger partial charge in [0.15, 0.2) is 0 Å². The molecule has 0 saturated carbocycles. The molecule has 3 rings (SSSR count). The van der Waals surface area contributed by atoms with Gasteiger partial charge < -0.3 is 0 Å². The van der Waals surface area contributed by atoms with Crippen LogP contribution in [0.5, 0.6) is 0 Å². The normalized spacial score (nSPS) is 10.9. The average molecular weight is 463 g/mol. The van der Waals surface area contributed by atoms with E-state index in [1.165, 1.54) is 17.1 Å². The monoisotopic (exact) mass is 461 g/mol. The van der Waals surface area contributed by atoms with Gasteiger partial charge in [0.2, 0.25) is 5.69 Å². The molecule has 0 atom stereocenters. The first kappa shape index (κ1) is 19.7. The number of rotatable bonds is 6. The van der Waals surface area contributed by atoms with Gasteiger partial charge in [-0.2, -0.15) is 10.2 Å². The molecule has 2 aromatic carbocycles. The quantitative estimate of drug-likeness (QED) is 0.339. The Kier molecular flexibility index (Phi) is 6.17. The predicted octanol–water partition coefficient (Wildman–Crippen LogP) is 4.02. The Balaban J connectivity index is 1.77. The third-order valence-corrected chi connectivity index (χ3v) is 4.34. The van der Waals surface area contributed by atoms with Gasteiger partial charge >= 0.3 is 5.69 Å². The molecule has 0 aliphatic heterocycles. The molecule has 0 bridgehead atoms. The first-order valence-corrected chi connectivity index (χ1v) is 9.15. The van der Waals surface area contributed by atoms with Gasteiger partial charge in [-0.05, 0) is 35.4 Å². The lowest BCUT2D eigenvalue weighted by Gasteiger charge is -2.01. The summed E-state index contributed by atoms with van der Waals surface area (Å²) < 4.78 is 2.22. The van der Waals surface area contributed by atoms with Crippen LogP contribution in [0.4, 0.5) is 5.69 Å². The summed E-state index contributed by atoms with van der Waals surface area (Å²) in [5, 5.41) is 19.7. The van der Waals surface area contributed by atoms with E-state index in [9.17, 15) is 14.9 Å². The van der Waals surface area contributed by atoms with Gasteiger partial charge in [-0.25, -0.2) is 5.43 Å². The Morgan fingerprint density at radius 3 is 2.82 bits per heavy atom. The fourth-order valence-corrected chi connectivity index (χ4v) is 3.06. The minimum atomic E-state index is -0.780. The molecule has 0 radical (unpaired) electrons. The predicted molar refractivity (Wildman–Crippen MR) is 109 cm³/mol. The molecule has 0 spiro atoms. The van der Waals surface area contributed by atoms with Crippen molar-refractivity contribution in [3.63, 3.8) is 0 Å². The van der Waals surface area contributed by atoms with E-state index >= 15 is 0 Å². The molecule has 8 nitrogen and oxygen atoms in total. The van der Waals surface area contributed by atoms with Gasteiger partial charge in [0, 0.05) is 9.50 Å². The third-order valence-electron chi connectivity index (χ3n) is 3.62. The van der Waals surface area contributed by atoms with Gasteiger partial charge in [0.25, 0.3) is 5.91 Å². The molecule has 1 aromatic heterocycles. The van der Waals surface area contributed by atoms with Crippen LogP contribution >= 0.6 is 27.5 Å². The summed E-state index contributed by atoms with van der Waals surface area (Å²) >= 11 is 9.24. The lowest BCUT2D eigenvalue weighted by molar-refractivity contribution is -0.385. The molecule has 0 aliphatic rings. The number of nitrogens with one attached hydrogen (secondary N) is 1. The molecule has 142 valence electrons. The molecule has 0 unspecified atom stereocenters. The summed E-state index contributed by atoms with van der Waals surface area (Å²) in [5.74, 6) is -0.780. The maximum Gasteiger partial charge on any atom is 0.320 e. The van der Waals surface area contributed by atoms with E-state index < -0.39 is 16.5 Å². The van der Waals surface area contributed by atoms with Crippen molar-refractivity contribution < 1.29 is 9.72 Å². The summed E-state index contributed by atoms with van der Waals surface area (Å²) in [4.78, 5) is 22.9. The second kappa shape index (κ2) is 8.77. The highest BCUT2D eigenvalue weighted by atomic mass is 79.9. The van der Waals surface area contributed by atoms with Crippen LogP contribution in [-0.4, -0.2) is 26.8 Å². The maximum absolute atomic E-state index is 12.3. The fraction of sp³-hybridized carbons (Fsp3) is 0.0556. The molecular weight excluding hydrogens is 450 g/mol. The summed E-state index contributed by atoms with van der Waals surface area (Å²) in [6, 6.07) is 14.3. The number of amides is 1. The zero-order valence-corrected chi connectivity index (χ0v) is 16.6. The zero-order valence-electron chi connectivity index (χ0n) is 14.3. The number of hydrazone groups is 1. The molecular formula is C18H13BrClN5O3. The van der Waals surface area contributed by atoms with Crippen molar-refractivity contribution in [1.82, 2.24) is 15.2 Å². The Labute approximate surface area is 173 Å². The van der Waals surface area contributed by atoms with Crippen molar-refractivity contribution in [2.75, 3.05) is 0 Å². The molecule has 28 heavy (non-hydrogen) atoms. The number of aromatic nitrogens is 2. The van der Waals surface area contributed by atoms with Gasteiger partial charge in [0.05, 0.1) is 17.7 Å². The lowest BCUT2D eigenvalue weighted by atomic mass is 10.2. The van der Waals surface area contributed by atoms with Crippen LogP contribution in [0.15, 0.2) is 64.3 Å². The van der Waals surface area contributed by atoms with E-state index in [-0.39, 0.29) is 12.2 Å². The number of carbonyl (C=O) groups excluding carboxylic acids is 1. The molecule has 10 heteroatoms. The molecule has 0 fully saturated rings. The van der Waals surface area contributed by atoms with Crippen LogP contribution < -0.4 is 5.43 Å². The molecule has 1 N–H and O–H groups in total. The Hall–Kier alpha value is -3.04. The van der Waals surface area contributed by atoms with Crippen molar-refractivity contribution in [2.24, 2.45) is 5.10 Å². The average Bonchev–Trinajstić information content (AvgIpc) is 3.06. The van der Waals surface area contributed by atoms with E-state index in [1.54, 1.807) is 24.3 Å². The first-order chi connectivity index (χ1) is 13.4. The van der Waals surface area contributed by atoms with E-state index in [0.29, 0.717) is 10.6 Å². The van der Waals surface area contributed by atoms with Gasteiger partial charge in [-0.1, -0.05) is 51.8 Å². The Bertz CT molecular complexity index is 1070. The molecule has 0 saturated heterocycles. The number of halogens is 2. The highest BCUT2D eigenvalue weighted by Gasteiger charge is 2.25. The third kappa shape index (κ3) is 5.02. The van der Waals surface area contributed by atoms with Crippen LogP contribution in [-0.2, 0) is 6.54 Å². The summed E-state index contributed by atoms with van der Waals surface area (Å²) in [7, 11) is 0. The number of hydrogen-bond acceptors (Lipinski definition) is 5. The number of nitrogens with zero attached hydrogens (tertiary/aromatic N) is 4. The number of benzene rings is 2. The minimum Gasteiger partial charge on any atom is -0.265 e. The molecule has 0 aliphatic carbocycles. The molecule has 1 heterocycles. The van der Waals surface area contributed by atoms with Crippen LogP contribution in [0.25, 0.3) is 0 Å². The second-order valence-corrected chi connectivity index (χ2v) is 7.05. The van der Waals surface area contributed by atoms with Crippen molar-refractivity contribution in [1.29, 1.82) is 0 Å². The van der Waals surface area contributed by atoms with Crippen molar-refractivity contribution >= 4 is 45.3 Å². The molecule has 3 aromatic rings. The largest absolute Gasteiger partial charge is 0.320 e. The van der Waals surface area contributed by atoms with E-state index in [4.69, 9.17) is 11.6 Å². The lowest BCUT2D eigenvalue weighted by Crippen LogP contribution is -2.19. The van der Waals surface area contributed by atoms with E-state index in [0.717, 1.165) is 10.0 Å². The van der Waals surface area contributed by atoms with E-state index in [1.807, 2.05) is 24.3 Å². The topological polar surface area (TPSA) is 102 Å². The van der Waals surface area contributed by atoms with Crippen molar-refractivity contribution in [3.05, 3.63) is 91.2 Å². The number of carbonyl (C=O) groups is 1. The number of nitro groups is 1. The number of hydrogen-bond donors (Lipinski definition) is 1. The zero-order chi connectivity index (χ0) is 20.1. The standard InChI is InChI=1S/C18H13BrClN5O3/c19-14-5-1-4-13(7-14)10-24-11-16(25(27)28)17(23-24)18(26)22-21-9-12-3-2-6-15(20)8-12/h1-9,11H,10H2,(H,22,26)/b21-9+. The fourth-order valence-electron chi connectivity index (χ4n) is 2.41. The van der Waals surface area contributed by atoms with Crippen molar-refractivity contribution in [3.8, 4) is 0 Å². The summed E-state index contributed by atoms with van der Waals surface area (Å²) in [6.45, 7) is 0.277. The molecule has 1 amide bonds. The van der Waals surface area contributed by atoms with E-state index in [2.05, 4.69) is 31.6 Å². The second-order valence-electron chi connectivity index (χ2n) is 5.70. The SMILES string of the molecule is O=C(N/N=C/c1cccc(Cl)c1)c1nn(Cc2cccc(Br)c2)cc1[N+](=O)[O-]. The highest BCUT2D eigenvalue weighted by molar-refractivity contribution is 9.10. The first-order valence-electron chi connectivity index (χ1n) is 7.97. The van der Waals surface area contributed by atoms with Crippen LogP contribution in [0.1, 0.15) is 21.6 Å².